The van der Waals surface area contributed by atoms with Gasteiger partial charge < -0.3 is 46.5 Å². The van der Waals surface area contributed by atoms with Gasteiger partial charge in [0.2, 0.25) is 5.79 Å². The maximum atomic E-state index is 11.9. The highest BCUT2D eigenvalue weighted by Crippen LogP contribution is 2.36. The van der Waals surface area contributed by atoms with Crippen LogP contribution >= 0.6 is 0 Å². The van der Waals surface area contributed by atoms with Crippen LogP contribution in [0.25, 0.3) is 0 Å². The SMILES string of the molecule is CC(=O)C1(O)CC(O)C([C@@H](C)O)C(C[C@H](O)COC(=O)C(N)(N)CCC(=O)O)O1. The van der Waals surface area contributed by atoms with E-state index in [2.05, 4.69) is 0 Å². The zero-order valence-electron chi connectivity index (χ0n) is 16.4. The van der Waals surface area contributed by atoms with Gasteiger partial charge in [-0.25, -0.2) is 4.79 Å². The second kappa shape index (κ2) is 9.89. The Bertz CT molecular complexity index is 611. The number of carbonyl (C=O) groups is 3. The van der Waals surface area contributed by atoms with E-state index in [-0.39, 0.29) is 12.8 Å². The van der Waals surface area contributed by atoms with Crippen LogP contribution in [0.5, 0.6) is 0 Å². The van der Waals surface area contributed by atoms with Crippen molar-refractivity contribution < 1.29 is 49.4 Å². The first-order valence-electron chi connectivity index (χ1n) is 9.12. The highest BCUT2D eigenvalue weighted by atomic mass is 16.6. The number of carboxylic acid groups (broad SMARTS) is 1. The number of hydrogen-bond donors (Lipinski definition) is 7. The monoisotopic (exact) mass is 422 g/mol. The van der Waals surface area contributed by atoms with Crippen LogP contribution in [-0.4, -0.2) is 85.7 Å². The Labute approximate surface area is 167 Å². The van der Waals surface area contributed by atoms with Crippen molar-refractivity contribution in [1.82, 2.24) is 0 Å². The lowest BCUT2D eigenvalue weighted by Crippen LogP contribution is -2.58. The smallest absolute Gasteiger partial charge is 0.341 e. The molecule has 1 fully saturated rings. The third-order valence-corrected chi connectivity index (χ3v) is 4.86. The molecule has 1 saturated heterocycles. The van der Waals surface area contributed by atoms with Crippen molar-refractivity contribution in [2.75, 3.05) is 6.61 Å². The summed E-state index contributed by atoms with van der Waals surface area (Å²) in [7, 11) is 0. The molecule has 0 aromatic carbocycles. The third kappa shape index (κ3) is 6.96. The van der Waals surface area contributed by atoms with E-state index < -0.39 is 79.0 Å². The highest BCUT2D eigenvalue weighted by molar-refractivity contribution is 5.83. The number of rotatable bonds is 10. The Hall–Kier alpha value is -1.67. The van der Waals surface area contributed by atoms with Gasteiger partial charge in [-0.15, -0.1) is 0 Å². The molecule has 1 aliphatic heterocycles. The van der Waals surface area contributed by atoms with E-state index in [0.29, 0.717) is 0 Å². The summed E-state index contributed by atoms with van der Waals surface area (Å²) >= 11 is 0. The lowest BCUT2D eigenvalue weighted by Gasteiger charge is -2.44. The van der Waals surface area contributed by atoms with Crippen molar-refractivity contribution in [3.63, 3.8) is 0 Å². The number of ketones is 1. The molecule has 4 unspecified atom stereocenters. The Morgan fingerprint density at radius 1 is 1.31 bits per heavy atom. The van der Waals surface area contributed by atoms with Gasteiger partial charge in [-0.05, 0) is 13.3 Å². The topological polar surface area (TPSA) is 223 Å². The molecule has 0 aliphatic carbocycles. The summed E-state index contributed by atoms with van der Waals surface area (Å²) in [5.74, 6) is -6.27. The van der Waals surface area contributed by atoms with Crippen molar-refractivity contribution in [1.29, 1.82) is 0 Å². The molecule has 29 heavy (non-hydrogen) atoms. The molecule has 0 aromatic rings. The van der Waals surface area contributed by atoms with Crippen molar-refractivity contribution in [2.24, 2.45) is 17.4 Å². The second-order valence-electron chi connectivity index (χ2n) is 7.51. The minimum atomic E-state index is -2.27. The fourth-order valence-electron chi connectivity index (χ4n) is 3.17. The molecule has 0 spiro atoms. The van der Waals surface area contributed by atoms with Gasteiger partial charge in [0.25, 0.3) is 0 Å². The Morgan fingerprint density at radius 3 is 2.38 bits per heavy atom. The average molecular weight is 422 g/mol. The lowest BCUT2D eigenvalue weighted by molar-refractivity contribution is -0.285. The van der Waals surface area contributed by atoms with Crippen LogP contribution in [0.2, 0.25) is 0 Å². The summed E-state index contributed by atoms with van der Waals surface area (Å²) < 4.78 is 10.2. The predicted octanol–water partition coefficient (Wildman–Crippen LogP) is -2.82. The molecular formula is C17H30N2O10. The van der Waals surface area contributed by atoms with Gasteiger partial charge in [0, 0.05) is 32.1 Å². The average Bonchev–Trinajstić information content (AvgIpc) is 2.56. The Kier molecular flexibility index (Phi) is 8.65. The number of aliphatic hydroxyl groups excluding tert-OH is 3. The van der Waals surface area contributed by atoms with Crippen molar-refractivity contribution in [3.05, 3.63) is 0 Å². The summed E-state index contributed by atoms with van der Waals surface area (Å²) in [6, 6.07) is 0. The molecule has 1 aliphatic rings. The Morgan fingerprint density at radius 2 is 1.90 bits per heavy atom. The molecule has 12 heteroatoms. The van der Waals surface area contributed by atoms with Crippen LogP contribution in [0, 0.1) is 5.92 Å². The van der Waals surface area contributed by atoms with Crippen LogP contribution < -0.4 is 11.5 Å². The van der Waals surface area contributed by atoms with Crippen LogP contribution in [0.1, 0.15) is 39.5 Å². The third-order valence-electron chi connectivity index (χ3n) is 4.86. The van der Waals surface area contributed by atoms with E-state index in [1.165, 1.54) is 6.92 Å². The normalized spacial score (nSPS) is 29.7. The van der Waals surface area contributed by atoms with E-state index in [1.54, 1.807) is 0 Å². The van der Waals surface area contributed by atoms with Gasteiger partial charge in [0.05, 0.1) is 24.4 Å². The molecular weight excluding hydrogens is 392 g/mol. The van der Waals surface area contributed by atoms with E-state index in [0.717, 1.165) is 6.92 Å². The van der Waals surface area contributed by atoms with Gasteiger partial charge in [-0.1, -0.05) is 0 Å². The number of aliphatic hydroxyl groups is 4. The summed E-state index contributed by atoms with van der Waals surface area (Å²) in [5, 5.41) is 49.2. The lowest BCUT2D eigenvalue weighted by atomic mass is 9.81. The molecule has 1 heterocycles. The summed E-state index contributed by atoms with van der Waals surface area (Å²) in [6.07, 6.45) is -6.45. The first-order valence-corrected chi connectivity index (χ1v) is 9.12. The summed E-state index contributed by atoms with van der Waals surface area (Å²) in [6.45, 7) is 1.86. The molecule has 0 saturated carbocycles. The fourth-order valence-corrected chi connectivity index (χ4v) is 3.17. The molecule has 12 nitrogen and oxygen atoms in total. The number of hydrogen-bond acceptors (Lipinski definition) is 11. The minimum Gasteiger partial charge on any atom is -0.481 e. The Balaban J connectivity index is 2.74. The molecule has 0 bridgehead atoms. The maximum Gasteiger partial charge on any atom is 0.341 e. The van der Waals surface area contributed by atoms with Gasteiger partial charge in [-0.3, -0.25) is 9.59 Å². The molecule has 9 N–H and O–H groups in total. The molecule has 168 valence electrons. The maximum absolute atomic E-state index is 11.9. The molecule has 0 aromatic heterocycles. The van der Waals surface area contributed by atoms with Crippen molar-refractivity contribution >= 4 is 17.7 Å². The standard InChI is InChI=1S/C17H30N2O10/c1-8(20)14-11(23)6-17(27,9(2)21)29-12(14)5-10(22)7-28-15(26)16(18,19)4-3-13(24)25/h8,10-12,14,20,22-23,27H,3-7,18-19H2,1-2H3,(H,24,25)/t8-,10+,11?,12?,14?,17?/m1/s1. The number of carboxylic acids is 1. The zero-order valence-corrected chi connectivity index (χ0v) is 16.4. The van der Waals surface area contributed by atoms with Crippen molar-refractivity contribution in [3.8, 4) is 0 Å². The molecule has 0 amide bonds. The number of ether oxygens (including phenoxy) is 2. The van der Waals surface area contributed by atoms with E-state index >= 15 is 0 Å². The quantitative estimate of drug-likeness (QED) is 0.140. The zero-order chi connectivity index (χ0) is 22.6. The van der Waals surface area contributed by atoms with Gasteiger partial charge in [-0.2, -0.15) is 0 Å². The number of esters is 1. The summed E-state index contributed by atoms with van der Waals surface area (Å²) in [5.41, 5.74) is 8.99. The van der Waals surface area contributed by atoms with Crippen LogP contribution in [-0.2, 0) is 23.9 Å². The van der Waals surface area contributed by atoms with Crippen LogP contribution in [0.4, 0.5) is 0 Å². The van der Waals surface area contributed by atoms with Crippen molar-refractivity contribution in [2.45, 2.75) is 75.4 Å². The first kappa shape index (κ1) is 25.4. The van der Waals surface area contributed by atoms with Gasteiger partial charge in [0.1, 0.15) is 6.61 Å². The minimum absolute atomic E-state index is 0.299. The first-order chi connectivity index (χ1) is 13.2. The highest BCUT2D eigenvalue weighted by Gasteiger charge is 2.50. The van der Waals surface area contributed by atoms with Gasteiger partial charge >= 0.3 is 11.9 Å². The van der Waals surface area contributed by atoms with Crippen LogP contribution in [0.3, 0.4) is 0 Å². The van der Waals surface area contributed by atoms with Gasteiger partial charge in [0.15, 0.2) is 11.4 Å². The fraction of sp³-hybridized carbons (Fsp3) is 0.824. The summed E-state index contributed by atoms with van der Waals surface area (Å²) in [4.78, 5) is 34.1. The number of carbonyl (C=O) groups excluding carboxylic acids is 2. The molecule has 1 rings (SSSR count). The number of Topliss-reactive ketones (excluding diaryl/α,β-unsaturated/α-hetero) is 1. The molecule has 6 atom stereocenters. The van der Waals surface area contributed by atoms with E-state index in [9.17, 15) is 34.8 Å². The van der Waals surface area contributed by atoms with Crippen LogP contribution in [0.15, 0.2) is 0 Å². The number of nitrogens with two attached hydrogens (primary N) is 2. The molecule has 0 radical (unpaired) electrons. The second-order valence-corrected chi connectivity index (χ2v) is 7.51. The largest absolute Gasteiger partial charge is 0.481 e. The number of aliphatic carboxylic acids is 1. The van der Waals surface area contributed by atoms with E-state index in [4.69, 9.17) is 26.0 Å². The predicted molar refractivity (Wildman–Crippen MR) is 95.9 cm³/mol. The van der Waals surface area contributed by atoms with E-state index in [1.807, 2.05) is 0 Å².